The first-order chi connectivity index (χ1) is 10.2. The molecule has 0 radical (unpaired) electrons. The Morgan fingerprint density at radius 1 is 1.43 bits per heavy atom. The van der Waals surface area contributed by atoms with Gasteiger partial charge in [-0.15, -0.1) is 0 Å². The molecule has 1 fully saturated rings. The van der Waals surface area contributed by atoms with Gasteiger partial charge in [-0.1, -0.05) is 23.7 Å². The number of hydrogen-bond donors (Lipinski definition) is 2. The van der Waals surface area contributed by atoms with Crippen LogP contribution in [-0.2, 0) is 15.1 Å². The molecule has 0 aromatic heterocycles. The summed E-state index contributed by atoms with van der Waals surface area (Å²) in [5.74, 6) is 0.118. The van der Waals surface area contributed by atoms with Gasteiger partial charge in [-0.05, 0) is 37.1 Å². The van der Waals surface area contributed by atoms with Crippen molar-refractivity contribution in [1.82, 2.24) is 5.32 Å². The Morgan fingerprint density at radius 2 is 2.29 bits per heavy atom. The van der Waals surface area contributed by atoms with E-state index >= 15 is 0 Å². The highest BCUT2D eigenvalue weighted by Crippen LogP contribution is 2.35. The van der Waals surface area contributed by atoms with Crippen molar-refractivity contribution in [2.45, 2.75) is 18.4 Å². The normalized spacial score (nSPS) is 22.0. The smallest absolute Gasteiger partial charge is 0.117 e. The van der Waals surface area contributed by atoms with Gasteiger partial charge in [0.05, 0.1) is 19.8 Å². The van der Waals surface area contributed by atoms with Gasteiger partial charge in [0.1, 0.15) is 5.60 Å². The molecule has 1 aliphatic heterocycles. The van der Waals surface area contributed by atoms with E-state index in [4.69, 9.17) is 21.1 Å². The Bertz CT molecular complexity index is 437. The van der Waals surface area contributed by atoms with Crippen LogP contribution in [0, 0.1) is 5.92 Å². The Kier molecular flexibility index (Phi) is 6.45. The molecule has 21 heavy (non-hydrogen) atoms. The molecule has 1 aromatic rings. The van der Waals surface area contributed by atoms with Crippen LogP contribution in [0.25, 0.3) is 0 Å². The largest absolute Gasteiger partial charge is 0.382 e. The third-order valence-electron chi connectivity index (χ3n) is 4.05. The average molecular weight is 314 g/mol. The van der Waals surface area contributed by atoms with Crippen LogP contribution in [-0.4, -0.2) is 45.1 Å². The molecule has 0 amide bonds. The summed E-state index contributed by atoms with van der Waals surface area (Å²) < 4.78 is 10.6. The fraction of sp³-hybridized carbons (Fsp3) is 0.625. The van der Waals surface area contributed by atoms with Gasteiger partial charge in [0.2, 0.25) is 0 Å². The summed E-state index contributed by atoms with van der Waals surface area (Å²) in [6.07, 6.45) is 2.04. The van der Waals surface area contributed by atoms with Crippen LogP contribution in [0.4, 0.5) is 0 Å². The van der Waals surface area contributed by atoms with E-state index in [1.165, 1.54) is 0 Å². The average Bonchev–Trinajstić information content (AvgIpc) is 2.52. The summed E-state index contributed by atoms with van der Waals surface area (Å²) in [4.78, 5) is 0. The molecule has 4 nitrogen and oxygen atoms in total. The molecule has 5 heteroatoms. The van der Waals surface area contributed by atoms with Crippen molar-refractivity contribution in [1.29, 1.82) is 0 Å². The maximum absolute atomic E-state index is 11.3. The maximum atomic E-state index is 11.3. The van der Waals surface area contributed by atoms with Crippen LogP contribution < -0.4 is 5.32 Å². The molecule has 1 unspecified atom stereocenters. The van der Waals surface area contributed by atoms with Gasteiger partial charge >= 0.3 is 0 Å². The van der Waals surface area contributed by atoms with E-state index in [0.717, 1.165) is 31.5 Å². The molecule has 1 saturated heterocycles. The van der Waals surface area contributed by atoms with Crippen molar-refractivity contribution >= 4 is 11.6 Å². The van der Waals surface area contributed by atoms with Gasteiger partial charge in [0.15, 0.2) is 0 Å². The van der Waals surface area contributed by atoms with Gasteiger partial charge in [-0.25, -0.2) is 0 Å². The summed E-state index contributed by atoms with van der Waals surface area (Å²) >= 11 is 6.09. The Morgan fingerprint density at radius 3 is 2.95 bits per heavy atom. The molecular weight excluding hydrogens is 290 g/mol. The molecule has 0 spiro atoms. The van der Waals surface area contributed by atoms with Crippen molar-refractivity contribution < 1.29 is 14.6 Å². The van der Waals surface area contributed by atoms with Gasteiger partial charge in [0.25, 0.3) is 0 Å². The topological polar surface area (TPSA) is 50.7 Å². The van der Waals surface area contributed by atoms with Gasteiger partial charge < -0.3 is 19.9 Å². The lowest BCUT2D eigenvalue weighted by atomic mass is 9.78. The van der Waals surface area contributed by atoms with Crippen LogP contribution in [0.5, 0.6) is 0 Å². The summed E-state index contributed by atoms with van der Waals surface area (Å²) in [6.45, 7) is 3.04. The number of methoxy groups -OCH3 is 1. The van der Waals surface area contributed by atoms with Crippen LogP contribution in [0.15, 0.2) is 24.3 Å². The fourth-order valence-electron chi connectivity index (χ4n) is 2.82. The van der Waals surface area contributed by atoms with E-state index in [9.17, 15) is 5.11 Å². The first-order valence-electron chi connectivity index (χ1n) is 7.42. The maximum Gasteiger partial charge on any atom is 0.117 e. The summed E-state index contributed by atoms with van der Waals surface area (Å²) in [6, 6.07) is 7.43. The predicted octanol–water partition coefficient (Wildman–Crippen LogP) is 2.19. The monoisotopic (exact) mass is 313 g/mol. The molecule has 118 valence electrons. The lowest BCUT2D eigenvalue weighted by Crippen LogP contribution is -2.47. The minimum atomic E-state index is -1.02. The number of aliphatic hydroxyl groups is 1. The number of ether oxygens (including phenoxy) is 2. The fourth-order valence-corrected chi connectivity index (χ4v) is 3.01. The van der Waals surface area contributed by atoms with E-state index in [2.05, 4.69) is 5.32 Å². The van der Waals surface area contributed by atoms with Crippen LogP contribution in [0.3, 0.4) is 0 Å². The second-order valence-corrected chi connectivity index (χ2v) is 5.96. The molecule has 0 bridgehead atoms. The zero-order chi connectivity index (χ0) is 15.1. The lowest BCUT2D eigenvalue weighted by molar-refractivity contribution is -0.101. The number of piperidine rings is 1. The molecule has 1 aliphatic rings. The van der Waals surface area contributed by atoms with Gasteiger partial charge in [-0.2, -0.15) is 0 Å². The number of hydrogen-bond acceptors (Lipinski definition) is 4. The van der Waals surface area contributed by atoms with Crippen LogP contribution in [0.2, 0.25) is 5.02 Å². The molecule has 2 rings (SSSR count). The number of nitrogens with one attached hydrogen (secondary N) is 1. The van der Waals surface area contributed by atoms with E-state index in [1.54, 1.807) is 7.11 Å². The van der Waals surface area contributed by atoms with Crippen molar-refractivity contribution in [3.05, 3.63) is 34.9 Å². The second kappa shape index (κ2) is 8.11. The first-order valence-corrected chi connectivity index (χ1v) is 7.80. The summed E-state index contributed by atoms with van der Waals surface area (Å²) in [7, 11) is 1.64. The molecule has 1 aromatic carbocycles. The van der Waals surface area contributed by atoms with E-state index < -0.39 is 5.60 Å². The highest BCUT2D eigenvalue weighted by molar-refractivity contribution is 6.30. The third-order valence-corrected chi connectivity index (χ3v) is 4.29. The molecular formula is C16H24ClNO3. The van der Waals surface area contributed by atoms with Crippen molar-refractivity contribution in [2.24, 2.45) is 5.92 Å². The van der Waals surface area contributed by atoms with Crippen molar-refractivity contribution in [3.63, 3.8) is 0 Å². The Labute approximate surface area is 131 Å². The third kappa shape index (κ3) is 4.41. The highest BCUT2D eigenvalue weighted by Gasteiger charge is 2.39. The standard InChI is InChI=1S/C16H24ClNO3/c1-20-8-9-21-12-16(19,14-5-3-7-18-11-14)13-4-2-6-15(17)10-13/h2,4,6,10,14,18-19H,3,5,7-9,11-12H2,1H3/t14?,16-/m1/s1. The molecule has 0 saturated carbocycles. The van der Waals surface area contributed by atoms with Crippen molar-refractivity contribution in [2.75, 3.05) is 40.0 Å². The first kappa shape index (κ1) is 16.7. The molecule has 1 heterocycles. The number of halogens is 1. The van der Waals surface area contributed by atoms with Crippen LogP contribution >= 0.6 is 11.6 Å². The van der Waals surface area contributed by atoms with E-state index in [0.29, 0.717) is 18.2 Å². The molecule has 0 aliphatic carbocycles. The van der Waals surface area contributed by atoms with Gasteiger partial charge in [0, 0.05) is 24.6 Å². The van der Waals surface area contributed by atoms with E-state index in [1.807, 2.05) is 24.3 Å². The van der Waals surface area contributed by atoms with E-state index in [-0.39, 0.29) is 12.5 Å². The highest BCUT2D eigenvalue weighted by atomic mass is 35.5. The van der Waals surface area contributed by atoms with Crippen LogP contribution in [0.1, 0.15) is 18.4 Å². The molecule has 2 N–H and O–H groups in total. The van der Waals surface area contributed by atoms with Crippen molar-refractivity contribution in [3.8, 4) is 0 Å². The minimum absolute atomic E-state index is 0.118. The predicted molar refractivity (Wildman–Crippen MR) is 83.6 cm³/mol. The zero-order valence-electron chi connectivity index (χ0n) is 12.5. The SMILES string of the molecule is COCCOC[C@@](O)(c1cccc(Cl)c1)C1CCCNC1. The molecule has 2 atom stereocenters. The summed E-state index contributed by atoms with van der Waals surface area (Å²) in [5.41, 5.74) is -0.201. The van der Waals surface area contributed by atoms with Gasteiger partial charge in [-0.3, -0.25) is 0 Å². The second-order valence-electron chi connectivity index (χ2n) is 5.52. The quantitative estimate of drug-likeness (QED) is 0.758. The Balaban J connectivity index is 2.15. The zero-order valence-corrected chi connectivity index (χ0v) is 13.2. The summed E-state index contributed by atoms with van der Waals surface area (Å²) in [5, 5.41) is 15.3. The Hall–Kier alpha value is -0.650. The number of benzene rings is 1. The number of rotatable bonds is 7. The minimum Gasteiger partial charge on any atom is -0.382 e. The lowest BCUT2D eigenvalue weighted by Gasteiger charge is -2.39.